The smallest absolute Gasteiger partial charge is 0.219 e. The Morgan fingerprint density at radius 2 is 2.07 bits per heavy atom. The van der Waals surface area contributed by atoms with Crippen molar-refractivity contribution >= 4 is 5.91 Å². The maximum absolute atomic E-state index is 11.8. The summed E-state index contributed by atoms with van der Waals surface area (Å²) >= 11 is 0. The van der Waals surface area contributed by atoms with E-state index >= 15 is 0 Å². The van der Waals surface area contributed by atoms with Gasteiger partial charge in [0.15, 0.2) is 0 Å². The van der Waals surface area contributed by atoms with Gasteiger partial charge in [-0.2, -0.15) is 0 Å². The van der Waals surface area contributed by atoms with E-state index in [1.807, 2.05) is 17.3 Å². The van der Waals surface area contributed by atoms with Crippen molar-refractivity contribution in [3.8, 4) is 11.3 Å². The molecule has 1 aromatic heterocycles. The number of carbonyl (C=O) groups is 1. The van der Waals surface area contributed by atoms with Crippen LogP contribution in [-0.2, 0) is 11.3 Å². The number of rotatable bonds is 4. The van der Waals surface area contributed by atoms with Crippen molar-refractivity contribution in [2.24, 2.45) is 5.92 Å². The van der Waals surface area contributed by atoms with Crippen LogP contribution in [0.25, 0.3) is 11.3 Å². The molecule has 3 atom stereocenters. The van der Waals surface area contributed by atoms with Crippen LogP contribution in [-0.4, -0.2) is 39.5 Å². The second kappa shape index (κ2) is 7.82. The molecule has 6 nitrogen and oxygen atoms in total. The van der Waals surface area contributed by atoms with Crippen LogP contribution in [0.1, 0.15) is 44.8 Å². The fraction of sp³-hybridized carbons (Fsp3) is 0.524. The van der Waals surface area contributed by atoms with Crippen LogP contribution in [0.15, 0.2) is 36.7 Å². The van der Waals surface area contributed by atoms with Crippen molar-refractivity contribution in [1.82, 2.24) is 25.3 Å². The summed E-state index contributed by atoms with van der Waals surface area (Å²) in [4.78, 5) is 18.6. The lowest BCUT2D eigenvalue weighted by Crippen LogP contribution is -2.40. The number of imidazole rings is 1. The van der Waals surface area contributed by atoms with Crippen LogP contribution < -0.4 is 10.9 Å². The van der Waals surface area contributed by atoms with E-state index in [0.29, 0.717) is 12.0 Å². The minimum atomic E-state index is 0.186. The molecular weight excluding hydrogens is 338 g/mol. The Labute approximate surface area is 160 Å². The van der Waals surface area contributed by atoms with Gasteiger partial charge in [-0.05, 0) is 32.1 Å². The molecule has 2 aromatic rings. The van der Waals surface area contributed by atoms with Crippen molar-refractivity contribution in [3.05, 3.63) is 42.4 Å². The number of nitrogens with zero attached hydrogens (tertiary/aromatic N) is 3. The van der Waals surface area contributed by atoms with Crippen molar-refractivity contribution in [1.29, 1.82) is 0 Å². The van der Waals surface area contributed by atoms with Gasteiger partial charge in [-0.1, -0.05) is 30.3 Å². The molecule has 2 saturated heterocycles. The first-order chi connectivity index (χ1) is 13.1. The van der Waals surface area contributed by atoms with Gasteiger partial charge in [0.05, 0.1) is 23.8 Å². The Kier molecular flexibility index (Phi) is 5.27. The van der Waals surface area contributed by atoms with E-state index in [-0.39, 0.29) is 11.9 Å². The lowest BCUT2D eigenvalue weighted by atomic mass is 9.97. The molecule has 4 rings (SSSR count). The average Bonchev–Trinajstić information content (AvgIpc) is 3.28. The minimum Gasteiger partial charge on any atom is -0.343 e. The summed E-state index contributed by atoms with van der Waals surface area (Å²) < 4.78 is 2.31. The van der Waals surface area contributed by atoms with E-state index < -0.39 is 0 Å². The van der Waals surface area contributed by atoms with E-state index in [1.54, 1.807) is 6.92 Å². The molecule has 6 heteroatoms. The van der Waals surface area contributed by atoms with Gasteiger partial charge in [-0.25, -0.2) is 10.4 Å². The SMILES string of the molecule is CC(=O)N1CCCC(Cn2cnc(-c3ccccc3)c2C2CC(C)NN2)C1. The summed E-state index contributed by atoms with van der Waals surface area (Å²) in [6, 6.07) is 11.1. The van der Waals surface area contributed by atoms with Crippen LogP contribution >= 0.6 is 0 Å². The number of hydrogen-bond donors (Lipinski definition) is 2. The number of benzene rings is 1. The Morgan fingerprint density at radius 1 is 1.26 bits per heavy atom. The van der Waals surface area contributed by atoms with Crippen LogP contribution in [0.4, 0.5) is 0 Å². The summed E-state index contributed by atoms with van der Waals surface area (Å²) in [6.07, 6.45) is 5.26. The summed E-state index contributed by atoms with van der Waals surface area (Å²) in [5, 5.41) is 0. The summed E-state index contributed by atoms with van der Waals surface area (Å²) in [5.41, 5.74) is 10.3. The predicted octanol–water partition coefficient (Wildman–Crippen LogP) is 2.74. The predicted molar refractivity (Wildman–Crippen MR) is 106 cm³/mol. The molecule has 3 heterocycles. The second-order valence-electron chi connectivity index (χ2n) is 7.95. The Balaban J connectivity index is 1.62. The summed E-state index contributed by atoms with van der Waals surface area (Å²) in [7, 11) is 0. The first-order valence-corrected chi connectivity index (χ1v) is 9.99. The highest BCUT2D eigenvalue weighted by Gasteiger charge is 2.30. The van der Waals surface area contributed by atoms with Crippen LogP contribution in [0, 0.1) is 5.92 Å². The van der Waals surface area contributed by atoms with E-state index in [1.165, 1.54) is 5.69 Å². The Bertz CT molecular complexity index is 787. The van der Waals surface area contributed by atoms with E-state index in [0.717, 1.165) is 50.2 Å². The Hall–Kier alpha value is -2.18. The van der Waals surface area contributed by atoms with Gasteiger partial charge in [0.2, 0.25) is 5.91 Å². The third-order valence-electron chi connectivity index (χ3n) is 5.77. The number of amides is 1. The first kappa shape index (κ1) is 18.2. The molecule has 144 valence electrons. The zero-order valence-corrected chi connectivity index (χ0v) is 16.2. The highest BCUT2D eigenvalue weighted by molar-refractivity contribution is 5.73. The van der Waals surface area contributed by atoms with Gasteiger partial charge in [0.1, 0.15) is 0 Å². The molecule has 0 bridgehead atoms. The minimum absolute atomic E-state index is 0.186. The molecule has 0 radical (unpaired) electrons. The lowest BCUT2D eigenvalue weighted by molar-refractivity contribution is -0.130. The average molecular weight is 367 g/mol. The third-order valence-corrected chi connectivity index (χ3v) is 5.77. The molecule has 3 unspecified atom stereocenters. The van der Waals surface area contributed by atoms with Gasteiger partial charge >= 0.3 is 0 Å². The maximum Gasteiger partial charge on any atom is 0.219 e. The molecule has 1 amide bonds. The fourth-order valence-corrected chi connectivity index (χ4v) is 4.39. The molecule has 1 aromatic carbocycles. The lowest BCUT2D eigenvalue weighted by Gasteiger charge is -2.32. The fourth-order valence-electron chi connectivity index (χ4n) is 4.39. The number of hydrogen-bond acceptors (Lipinski definition) is 4. The normalized spacial score (nSPS) is 25.7. The second-order valence-corrected chi connectivity index (χ2v) is 7.95. The zero-order chi connectivity index (χ0) is 18.8. The molecule has 2 aliphatic rings. The van der Waals surface area contributed by atoms with Crippen molar-refractivity contribution in [2.75, 3.05) is 13.1 Å². The molecule has 2 N–H and O–H groups in total. The summed E-state index contributed by atoms with van der Waals surface area (Å²) in [5.74, 6) is 0.664. The van der Waals surface area contributed by atoms with E-state index in [4.69, 9.17) is 4.98 Å². The number of carbonyl (C=O) groups excluding carboxylic acids is 1. The quantitative estimate of drug-likeness (QED) is 0.872. The van der Waals surface area contributed by atoms with Crippen LogP contribution in [0.5, 0.6) is 0 Å². The largest absolute Gasteiger partial charge is 0.343 e. The first-order valence-electron chi connectivity index (χ1n) is 9.99. The monoisotopic (exact) mass is 367 g/mol. The number of likely N-dealkylation sites (tertiary alicyclic amines) is 1. The van der Waals surface area contributed by atoms with E-state index in [2.05, 4.69) is 46.6 Å². The van der Waals surface area contributed by atoms with Crippen molar-refractivity contribution in [3.63, 3.8) is 0 Å². The van der Waals surface area contributed by atoms with Crippen molar-refractivity contribution < 1.29 is 4.79 Å². The van der Waals surface area contributed by atoms with E-state index in [9.17, 15) is 4.79 Å². The summed E-state index contributed by atoms with van der Waals surface area (Å²) in [6.45, 7) is 6.52. The highest BCUT2D eigenvalue weighted by Crippen LogP contribution is 2.32. The topological polar surface area (TPSA) is 62.2 Å². The molecule has 27 heavy (non-hydrogen) atoms. The van der Waals surface area contributed by atoms with Gasteiger partial charge in [-0.15, -0.1) is 0 Å². The van der Waals surface area contributed by atoms with Gasteiger partial charge in [0, 0.05) is 38.2 Å². The van der Waals surface area contributed by atoms with Gasteiger partial charge in [-0.3, -0.25) is 10.2 Å². The number of aromatic nitrogens is 2. The number of hydrazine groups is 1. The molecule has 0 saturated carbocycles. The standard InChI is InChI=1S/C21H29N5O/c1-15-11-19(24-23-15)21-20(18-8-4-3-5-9-18)22-14-26(21)13-17-7-6-10-25(12-17)16(2)27/h3-5,8-9,14-15,17,19,23-24H,6-7,10-13H2,1-2H3. The molecule has 0 aliphatic carbocycles. The highest BCUT2D eigenvalue weighted by atomic mass is 16.2. The molecule has 2 fully saturated rings. The number of piperidine rings is 1. The Morgan fingerprint density at radius 3 is 2.78 bits per heavy atom. The maximum atomic E-state index is 11.8. The van der Waals surface area contributed by atoms with Crippen LogP contribution in [0.2, 0.25) is 0 Å². The number of nitrogens with one attached hydrogen (secondary N) is 2. The van der Waals surface area contributed by atoms with Crippen molar-refractivity contribution in [2.45, 2.75) is 51.7 Å². The van der Waals surface area contributed by atoms with Gasteiger partial charge < -0.3 is 9.47 Å². The van der Waals surface area contributed by atoms with Crippen LogP contribution in [0.3, 0.4) is 0 Å². The zero-order valence-electron chi connectivity index (χ0n) is 16.2. The molecule has 2 aliphatic heterocycles. The molecular formula is C21H29N5O. The third kappa shape index (κ3) is 3.92. The molecule has 0 spiro atoms. The van der Waals surface area contributed by atoms with Gasteiger partial charge in [0.25, 0.3) is 0 Å².